The summed E-state index contributed by atoms with van der Waals surface area (Å²) in [6, 6.07) is 15.4. The molecule has 1 aromatic heterocycles. The third kappa shape index (κ3) is 4.51. The number of hydrogen-bond acceptors (Lipinski definition) is 8. The van der Waals surface area contributed by atoms with E-state index in [1.807, 2.05) is 34.9 Å². The molecule has 5 rings (SSSR count). The van der Waals surface area contributed by atoms with Gasteiger partial charge in [-0.15, -0.1) is 10.2 Å². The number of nitrogens with one attached hydrogen (secondary N) is 1. The number of benzene rings is 2. The van der Waals surface area contributed by atoms with Crippen LogP contribution < -0.4 is 19.7 Å². The number of rotatable bonds is 7. The van der Waals surface area contributed by atoms with Gasteiger partial charge in [-0.1, -0.05) is 30.0 Å². The van der Waals surface area contributed by atoms with Gasteiger partial charge in [0, 0.05) is 37.0 Å². The third-order valence-corrected chi connectivity index (χ3v) is 6.07. The summed E-state index contributed by atoms with van der Waals surface area (Å²) in [6.45, 7) is 3.09. The average Bonchev–Trinajstić information content (AvgIpc) is 3.47. The first-order valence-corrected chi connectivity index (χ1v) is 11.4. The molecule has 0 radical (unpaired) electrons. The highest BCUT2D eigenvalue weighted by Crippen LogP contribution is 2.34. The number of anilines is 2. The minimum Gasteiger partial charge on any atom is -0.454 e. The highest BCUT2D eigenvalue weighted by molar-refractivity contribution is 7.99. The Morgan fingerprint density at radius 1 is 1.03 bits per heavy atom. The first kappa shape index (κ1) is 20.7. The van der Waals surface area contributed by atoms with Crippen molar-refractivity contribution in [3.63, 3.8) is 0 Å². The van der Waals surface area contributed by atoms with Gasteiger partial charge in [-0.3, -0.25) is 9.36 Å². The standard InChI is InChI=1S/C22H23N5O4S/c28-20(23-16-6-7-18-19(14-16)31-15-30-18)8-13-32-22-25-24-21(26-9-11-29-12-10-26)27(22)17-4-2-1-3-5-17/h1-7,14H,8-13,15H2,(H,23,28). The normalized spacial score (nSPS) is 15.1. The first-order chi connectivity index (χ1) is 15.8. The second-order valence-electron chi connectivity index (χ2n) is 7.27. The van der Waals surface area contributed by atoms with Gasteiger partial charge in [-0.25, -0.2) is 0 Å². The summed E-state index contributed by atoms with van der Waals surface area (Å²) in [5.41, 5.74) is 1.68. The van der Waals surface area contributed by atoms with Crippen LogP contribution in [0.4, 0.5) is 11.6 Å². The average molecular weight is 454 g/mol. The third-order valence-electron chi connectivity index (χ3n) is 5.14. The number of fused-ring (bicyclic) bond motifs is 1. The summed E-state index contributed by atoms with van der Waals surface area (Å²) < 4.78 is 18.2. The van der Waals surface area contributed by atoms with E-state index in [9.17, 15) is 4.79 Å². The molecule has 1 fully saturated rings. The van der Waals surface area contributed by atoms with E-state index in [2.05, 4.69) is 20.4 Å². The maximum Gasteiger partial charge on any atom is 0.232 e. The molecule has 0 aliphatic carbocycles. The highest BCUT2D eigenvalue weighted by atomic mass is 32.2. The number of amides is 1. The number of hydrogen-bond donors (Lipinski definition) is 1. The van der Waals surface area contributed by atoms with Crippen LogP contribution in [-0.4, -0.2) is 59.5 Å². The minimum atomic E-state index is -0.0736. The zero-order valence-electron chi connectivity index (χ0n) is 17.4. The fraction of sp³-hybridized carbons (Fsp3) is 0.318. The fourth-order valence-corrected chi connectivity index (χ4v) is 4.44. The number of nitrogens with zero attached hydrogens (tertiary/aromatic N) is 4. The largest absolute Gasteiger partial charge is 0.454 e. The van der Waals surface area contributed by atoms with Crippen LogP contribution in [0.1, 0.15) is 6.42 Å². The summed E-state index contributed by atoms with van der Waals surface area (Å²) in [4.78, 5) is 14.6. The van der Waals surface area contributed by atoms with Crippen molar-refractivity contribution < 1.29 is 19.0 Å². The molecule has 9 nitrogen and oxygen atoms in total. The van der Waals surface area contributed by atoms with Crippen molar-refractivity contribution in [3.8, 4) is 17.2 Å². The van der Waals surface area contributed by atoms with Gasteiger partial charge < -0.3 is 24.4 Å². The molecule has 1 amide bonds. The number of para-hydroxylation sites is 1. The van der Waals surface area contributed by atoms with Gasteiger partial charge in [0.1, 0.15) is 0 Å². The van der Waals surface area contributed by atoms with E-state index in [-0.39, 0.29) is 12.7 Å². The molecule has 1 N–H and O–H groups in total. The van der Waals surface area contributed by atoms with E-state index in [1.54, 1.807) is 18.2 Å². The van der Waals surface area contributed by atoms with Crippen LogP contribution in [0, 0.1) is 0 Å². The van der Waals surface area contributed by atoms with E-state index in [0.29, 0.717) is 42.6 Å². The van der Waals surface area contributed by atoms with Crippen LogP contribution >= 0.6 is 11.8 Å². The maximum atomic E-state index is 12.4. The van der Waals surface area contributed by atoms with Crippen molar-refractivity contribution in [2.45, 2.75) is 11.6 Å². The lowest BCUT2D eigenvalue weighted by atomic mass is 10.2. The van der Waals surface area contributed by atoms with Crippen LogP contribution in [0.3, 0.4) is 0 Å². The molecular weight excluding hydrogens is 430 g/mol. The molecule has 3 aromatic rings. The monoisotopic (exact) mass is 453 g/mol. The van der Waals surface area contributed by atoms with Gasteiger partial charge in [-0.05, 0) is 24.3 Å². The molecule has 0 unspecified atom stereocenters. The molecule has 0 saturated carbocycles. The predicted molar refractivity (Wildman–Crippen MR) is 121 cm³/mol. The molecule has 3 heterocycles. The number of aromatic nitrogens is 3. The second kappa shape index (κ2) is 9.49. The van der Waals surface area contributed by atoms with Crippen LogP contribution in [0.2, 0.25) is 0 Å². The molecule has 1 saturated heterocycles. The van der Waals surface area contributed by atoms with Crippen LogP contribution in [0.5, 0.6) is 11.5 Å². The Balaban J connectivity index is 1.25. The Hall–Kier alpha value is -3.24. The van der Waals surface area contributed by atoms with Gasteiger partial charge in [0.05, 0.1) is 18.9 Å². The zero-order valence-corrected chi connectivity index (χ0v) is 18.2. The highest BCUT2D eigenvalue weighted by Gasteiger charge is 2.22. The fourth-order valence-electron chi connectivity index (χ4n) is 3.56. The lowest BCUT2D eigenvalue weighted by molar-refractivity contribution is -0.115. The van der Waals surface area contributed by atoms with Crippen molar-refractivity contribution in [2.24, 2.45) is 0 Å². The summed E-state index contributed by atoms with van der Waals surface area (Å²) in [5.74, 6) is 2.63. The van der Waals surface area contributed by atoms with Crippen molar-refractivity contribution in [1.29, 1.82) is 0 Å². The van der Waals surface area contributed by atoms with E-state index >= 15 is 0 Å². The summed E-state index contributed by atoms with van der Waals surface area (Å²) in [5, 5.41) is 12.5. The lowest BCUT2D eigenvalue weighted by Gasteiger charge is -2.27. The molecule has 166 valence electrons. The zero-order chi connectivity index (χ0) is 21.8. The number of carbonyl (C=O) groups excluding carboxylic acids is 1. The Morgan fingerprint density at radius 3 is 2.69 bits per heavy atom. The maximum absolute atomic E-state index is 12.4. The van der Waals surface area contributed by atoms with Crippen molar-refractivity contribution >= 4 is 29.3 Å². The molecule has 0 bridgehead atoms. The molecular formula is C22H23N5O4S. The van der Waals surface area contributed by atoms with E-state index in [1.165, 1.54) is 11.8 Å². The van der Waals surface area contributed by atoms with Gasteiger partial charge >= 0.3 is 0 Å². The predicted octanol–water partition coefficient (Wildman–Crippen LogP) is 2.95. The summed E-state index contributed by atoms with van der Waals surface area (Å²) in [7, 11) is 0. The number of ether oxygens (including phenoxy) is 3. The minimum absolute atomic E-state index is 0.0736. The Bertz CT molecular complexity index is 1090. The molecule has 2 aliphatic heterocycles. The van der Waals surface area contributed by atoms with Crippen LogP contribution in [-0.2, 0) is 9.53 Å². The van der Waals surface area contributed by atoms with Gasteiger partial charge in [-0.2, -0.15) is 0 Å². The van der Waals surface area contributed by atoms with E-state index in [0.717, 1.165) is 29.9 Å². The summed E-state index contributed by atoms with van der Waals surface area (Å²) >= 11 is 1.51. The van der Waals surface area contributed by atoms with Crippen molar-refractivity contribution in [2.75, 3.05) is 49.1 Å². The lowest BCUT2D eigenvalue weighted by Crippen LogP contribution is -2.37. The molecule has 0 atom stereocenters. The molecule has 2 aliphatic rings. The number of thioether (sulfide) groups is 1. The van der Waals surface area contributed by atoms with Crippen LogP contribution in [0.25, 0.3) is 5.69 Å². The van der Waals surface area contributed by atoms with Crippen LogP contribution in [0.15, 0.2) is 53.7 Å². The van der Waals surface area contributed by atoms with Crippen molar-refractivity contribution in [3.05, 3.63) is 48.5 Å². The SMILES string of the molecule is O=C(CCSc1nnc(N2CCOCC2)n1-c1ccccc1)Nc1ccc2c(c1)OCO2. The summed E-state index contributed by atoms with van der Waals surface area (Å²) in [6.07, 6.45) is 0.341. The number of carbonyl (C=O) groups is 1. The van der Waals surface area contributed by atoms with E-state index in [4.69, 9.17) is 14.2 Å². The Morgan fingerprint density at radius 2 is 1.84 bits per heavy atom. The van der Waals surface area contributed by atoms with Gasteiger partial charge in [0.2, 0.25) is 18.6 Å². The van der Waals surface area contributed by atoms with Gasteiger partial charge in [0.15, 0.2) is 16.7 Å². The molecule has 32 heavy (non-hydrogen) atoms. The second-order valence-corrected chi connectivity index (χ2v) is 8.33. The van der Waals surface area contributed by atoms with Gasteiger partial charge in [0.25, 0.3) is 0 Å². The van der Waals surface area contributed by atoms with Crippen molar-refractivity contribution in [1.82, 2.24) is 14.8 Å². The Kier molecular flexibility index (Phi) is 6.13. The number of morpholine rings is 1. The molecule has 10 heteroatoms. The quantitative estimate of drug-likeness (QED) is 0.546. The molecule has 0 spiro atoms. The van der Waals surface area contributed by atoms with E-state index < -0.39 is 0 Å². The molecule has 2 aromatic carbocycles. The first-order valence-electron chi connectivity index (χ1n) is 10.4. The smallest absolute Gasteiger partial charge is 0.232 e. The topological polar surface area (TPSA) is 90.7 Å². The Labute approximate surface area is 189 Å².